The van der Waals surface area contributed by atoms with Crippen LogP contribution in [0.25, 0.3) is 5.57 Å². The third kappa shape index (κ3) is 4.98. The third-order valence-electron chi connectivity index (χ3n) is 5.89. The van der Waals surface area contributed by atoms with Gasteiger partial charge in [-0.3, -0.25) is 9.59 Å². The van der Waals surface area contributed by atoms with Crippen LogP contribution in [-0.4, -0.2) is 65.3 Å². The molecule has 1 aromatic heterocycles. The molecule has 3 atom stereocenters. The average molecular weight is 437 g/mol. The number of aliphatic hydroxyl groups is 1. The topological polar surface area (TPSA) is 104 Å². The summed E-state index contributed by atoms with van der Waals surface area (Å²) in [6.45, 7) is 2.89. The van der Waals surface area contributed by atoms with Crippen molar-refractivity contribution in [3.8, 4) is 5.88 Å². The van der Waals surface area contributed by atoms with E-state index in [1.54, 1.807) is 11.1 Å². The molecule has 168 valence electrons. The third-order valence-corrected chi connectivity index (χ3v) is 5.89. The summed E-state index contributed by atoms with van der Waals surface area (Å²) in [5.41, 5.74) is 3.21. The van der Waals surface area contributed by atoms with Crippen molar-refractivity contribution in [1.82, 2.24) is 20.5 Å². The van der Waals surface area contributed by atoms with Crippen LogP contribution in [0.15, 0.2) is 54.7 Å². The lowest BCUT2D eigenvalue weighted by Crippen LogP contribution is -2.60. The number of rotatable bonds is 6. The summed E-state index contributed by atoms with van der Waals surface area (Å²) < 4.78 is 5.97. The minimum Gasteiger partial charge on any atom is -0.473 e. The number of aromatic nitrogens is 1. The van der Waals surface area contributed by atoms with Gasteiger partial charge in [0.1, 0.15) is 12.8 Å². The quantitative estimate of drug-likeness (QED) is 0.586. The molecule has 32 heavy (non-hydrogen) atoms. The van der Waals surface area contributed by atoms with Crippen molar-refractivity contribution in [2.24, 2.45) is 5.92 Å². The zero-order valence-electron chi connectivity index (χ0n) is 18.0. The molecular weight excluding hydrogens is 408 g/mol. The minimum atomic E-state index is -0.685. The normalized spacial score (nSPS) is 22.9. The van der Waals surface area contributed by atoms with Crippen LogP contribution in [-0.2, 0) is 9.59 Å². The Balaban J connectivity index is 1.44. The fourth-order valence-electron chi connectivity index (χ4n) is 4.24. The Morgan fingerprint density at radius 2 is 2.09 bits per heavy atom. The minimum absolute atomic E-state index is 0.127. The fraction of sp³-hybridized carbons (Fsp3) is 0.375. The molecule has 0 saturated carbocycles. The van der Waals surface area contributed by atoms with Gasteiger partial charge in [-0.05, 0) is 36.1 Å². The molecule has 4 rings (SSSR count). The number of amides is 2. The molecule has 0 unspecified atom stereocenters. The maximum atomic E-state index is 13.3. The molecule has 3 heterocycles. The zero-order chi connectivity index (χ0) is 22.5. The maximum Gasteiger partial charge on any atom is 0.241 e. The molecule has 2 aromatic rings. The first-order valence-corrected chi connectivity index (χ1v) is 10.8. The summed E-state index contributed by atoms with van der Waals surface area (Å²) in [4.78, 5) is 32.0. The van der Waals surface area contributed by atoms with Crippen molar-refractivity contribution in [2.75, 3.05) is 26.4 Å². The van der Waals surface area contributed by atoms with Gasteiger partial charge in [0.25, 0.3) is 0 Å². The zero-order valence-corrected chi connectivity index (χ0v) is 18.0. The second kappa shape index (κ2) is 9.93. The Morgan fingerprint density at radius 3 is 2.84 bits per heavy atom. The number of ether oxygens (including phenoxy) is 1. The molecule has 2 aliphatic rings. The van der Waals surface area contributed by atoms with Gasteiger partial charge in [-0.1, -0.05) is 36.4 Å². The molecule has 1 saturated heterocycles. The summed E-state index contributed by atoms with van der Waals surface area (Å²) in [6, 6.07) is 13.0. The van der Waals surface area contributed by atoms with E-state index in [-0.39, 0.29) is 17.9 Å². The standard InChI is InChI=1S/C24H28N4O4/c1-16-7-9-25-21(11-16)32-19-12-20(23(30)27-15-29)22(26-13-19)24(31)28-10-8-18(14-28)17-5-3-2-4-6-17/h2-9,11,19-20,22,26,29H,10,12-15H2,1H3,(H,27,30)/t19-,20-,22-/m0/s1. The number of piperidine rings is 1. The monoisotopic (exact) mass is 436 g/mol. The van der Waals surface area contributed by atoms with Gasteiger partial charge in [0.15, 0.2) is 0 Å². The number of nitrogens with one attached hydrogen (secondary N) is 2. The number of nitrogens with zero attached hydrogens (tertiary/aromatic N) is 2. The Hall–Kier alpha value is -3.23. The summed E-state index contributed by atoms with van der Waals surface area (Å²) in [5.74, 6) is -0.685. The summed E-state index contributed by atoms with van der Waals surface area (Å²) >= 11 is 0. The number of carbonyl (C=O) groups is 2. The van der Waals surface area contributed by atoms with E-state index in [4.69, 9.17) is 4.74 Å². The van der Waals surface area contributed by atoms with Gasteiger partial charge in [-0.2, -0.15) is 0 Å². The molecular formula is C24H28N4O4. The van der Waals surface area contributed by atoms with Crippen LogP contribution in [0, 0.1) is 12.8 Å². The number of pyridine rings is 1. The predicted octanol–water partition coefficient (Wildman–Crippen LogP) is 1.11. The van der Waals surface area contributed by atoms with E-state index in [0.717, 1.165) is 16.7 Å². The molecule has 1 aromatic carbocycles. The van der Waals surface area contributed by atoms with Crippen molar-refractivity contribution in [1.29, 1.82) is 0 Å². The van der Waals surface area contributed by atoms with Crippen molar-refractivity contribution in [2.45, 2.75) is 25.5 Å². The lowest BCUT2D eigenvalue weighted by Gasteiger charge is -2.37. The number of benzene rings is 1. The molecule has 0 aliphatic carbocycles. The highest BCUT2D eigenvalue weighted by atomic mass is 16.5. The van der Waals surface area contributed by atoms with E-state index in [1.165, 1.54) is 0 Å². The van der Waals surface area contributed by atoms with E-state index in [2.05, 4.69) is 15.6 Å². The summed E-state index contributed by atoms with van der Waals surface area (Å²) in [6.07, 6.45) is 3.75. The van der Waals surface area contributed by atoms with Gasteiger partial charge in [0.2, 0.25) is 17.7 Å². The molecule has 8 nitrogen and oxygen atoms in total. The van der Waals surface area contributed by atoms with E-state index in [0.29, 0.717) is 31.9 Å². The predicted molar refractivity (Wildman–Crippen MR) is 120 cm³/mol. The number of hydrogen-bond donors (Lipinski definition) is 3. The maximum absolute atomic E-state index is 13.3. The summed E-state index contributed by atoms with van der Waals surface area (Å²) in [7, 11) is 0. The van der Waals surface area contributed by atoms with Gasteiger partial charge in [0, 0.05) is 31.9 Å². The largest absolute Gasteiger partial charge is 0.473 e. The molecule has 2 aliphatic heterocycles. The highest BCUT2D eigenvalue weighted by Gasteiger charge is 2.42. The Morgan fingerprint density at radius 1 is 1.28 bits per heavy atom. The van der Waals surface area contributed by atoms with Crippen LogP contribution in [0.1, 0.15) is 17.5 Å². The highest BCUT2D eigenvalue weighted by Crippen LogP contribution is 2.26. The van der Waals surface area contributed by atoms with Crippen molar-refractivity contribution < 1.29 is 19.4 Å². The average Bonchev–Trinajstić information content (AvgIpc) is 3.30. The lowest BCUT2D eigenvalue weighted by atomic mass is 9.87. The van der Waals surface area contributed by atoms with Crippen LogP contribution >= 0.6 is 0 Å². The fourth-order valence-corrected chi connectivity index (χ4v) is 4.24. The number of aliphatic hydroxyl groups excluding tert-OH is 1. The van der Waals surface area contributed by atoms with Gasteiger partial charge >= 0.3 is 0 Å². The second-order valence-corrected chi connectivity index (χ2v) is 8.15. The van der Waals surface area contributed by atoms with E-state index < -0.39 is 18.7 Å². The number of hydrogen-bond acceptors (Lipinski definition) is 6. The molecule has 0 bridgehead atoms. The van der Waals surface area contributed by atoms with Gasteiger partial charge in [-0.25, -0.2) is 4.98 Å². The highest BCUT2D eigenvalue weighted by molar-refractivity contribution is 5.92. The van der Waals surface area contributed by atoms with E-state index >= 15 is 0 Å². The Kier molecular flexibility index (Phi) is 6.82. The molecule has 1 fully saturated rings. The molecule has 8 heteroatoms. The van der Waals surface area contributed by atoms with Crippen LogP contribution in [0.5, 0.6) is 5.88 Å². The van der Waals surface area contributed by atoms with Crippen molar-refractivity contribution in [3.05, 3.63) is 65.9 Å². The Bertz CT molecular complexity index is 995. The molecule has 0 radical (unpaired) electrons. The van der Waals surface area contributed by atoms with Gasteiger partial charge in [-0.15, -0.1) is 0 Å². The van der Waals surface area contributed by atoms with Crippen LogP contribution in [0.2, 0.25) is 0 Å². The lowest BCUT2D eigenvalue weighted by molar-refractivity contribution is -0.141. The van der Waals surface area contributed by atoms with E-state index in [9.17, 15) is 14.7 Å². The first kappa shape index (κ1) is 22.0. The van der Waals surface area contributed by atoms with Crippen molar-refractivity contribution >= 4 is 17.4 Å². The van der Waals surface area contributed by atoms with Gasteiger partial charge < -0.3 is 25.4 Å². The second-order valence-electron chi connectivity index (χ2n) is 8.15. The SMILES string of the molecule is Cc1ccnc(O[C@@H]2CN[C@H](C(=O)N3CC=C(c4ccccc4)C3)[C@@H](C(=O)NCO)C2)c1. The molecule has 0 spiro atoms. The number of carbonyl (C=O) groups excluding carboxylic acids is 2. The number of aryl methyl sites for hydroxylation is 1. The van der Waals surface area contributed by atoms with Crippen LogP contribution in [0.4, 0.5) is 0 Å². The first-order valence-electron chi connectivity index (χ1n) is 10.8. The van der Waals surface area contributed by atoms with E-state index in [1.807, 2.05) is 55.5 Å². The summed E-state index contributed by atoms with van der Waals surface area (Å²) in [5, 5.41) is 14.9. The molecule has 3 N–H and O–H groups in total. The van der Waals surface area contributed by atoms with Crippen LogP contribution in [0.3, 0.4) is 0 Å². The van der Waals surface area contributed by atoms with Crippen molar-refractivity contribution in [3.63, 3.8) is 0 Å². The smallest absolute Gasteiger partial charge is 0.241 e. The first-order chi connectivity index (χ1) is 15.5. The molecule has 2 amide bonds. The Labute approximate surface area is 187 Å². The van der Waals surface area contributed by atoms with Gasteiger partial charge in [0.05, 0.1) is 12.0 Å². The van der Waals surface area contributed by atoms with Crippen LogP contribution < -0.4 is 15.4 Å².